The molecule has 0 amide bonds. The Morgan fingerprint density at radius 3 is 2.60 bits per heavy atom. The van der Waals surface area contributed by atoms with E-state index in [1.165, 1.54) is 6.08 Å². The molecule has 2 fully saturated rings. The van der Waals surface area contributed by atoms with Gasteiger partial charge in [-0.25, -0.2) is 4.18 Å². The first kappa shape index (κ1) is 18.4. The summed E-state index contributed by atoms with van der Waals surface area (Å²) in [4.78, 5) is 0. The molecule has 1 aromatic rings. The summed E-state index contributed by atoms with van der Waals surface area (Å²) in [5.41, 5.74) is 0.854. The van der Waals surface area contributed by atoms with Crippen LogP contribution < -0.4 is 0 Å². The van der Waals surface area contributed by atoms with Crippen molar-refractivity contribution in [2.45, 2.75) is 24.5 Å². The summed E-state index contributed by atoms with van der Waals surface area (Å²) in [5.74, 6) is -4.65. The average Bonchev–Trinajstić information content (AvgIpc) is 2.74. The van der Waals surface area contributed by atoms with Crippen molar-refractivity contribution in [3.8, 4) is 0 Å². The monoisotopic (exact) mass is 374 g/mol. The molecule has 0 bridgehead atoms. The zero-order valence-corrected chi connectivity index (χ0v) is 13.9. The van der Waals surface area contributed by atoms with E-state index in [9.17, 15) is 13.5 Å². The maximum atomic E-state index is 11.6. The minimum Gasteiger partial charge on any atom is -0.394 e. The van der Waals surface area contributed by atoms with Crippen molar-refractivity contribution in [3.63, 3.8) is 0 Å². The fourth-order valence-corrected chi connectivity index (χ4v) is 3.42. The minimum absolute atomic E-state index is 0.0654. The van der Waals surface area contributed by atoms with Crippen molar-refractivity contribution < 1.29 is 41.2 Å². The molecule has 25 heavy (non-hydrogen) atoms. The van der Waals surface area contributed by atoms with E-state index in [1.807, 2.05) is 30.3 Å². The predicted molar refractivity (Wildman–Crippen MR) is 82.7 cm³/mol. The Hall–Kier alpha value is -1.37. The molecule has 9 nitrogen and oxygen atoms in total. The molecule has 138 valence electrons. The van der Waals surface area contributed by atoms with Gasteiger partial charge in [0, 0.05) is 6.42 Å². The standard InChI is InChI=1S/C15H18O9S/c16-9-10-20-11-13-21-15(22-13)14(17,23-25(18,19)24-15)8-4-7-12-5-2-1-3-6-12/h1-7,13,16-17H,8-11H2/b7-4+. The molecule has 1 unspecified atom stereocenters. The number of aliphatic hydroxyl groups is 2. The van der Waals surface area contributed by atoms with Crippen LogP contribution in [-0.2, 0) is 33.0 Å². The molecule has 2 N–H and O–H groups in total. The van der Waals surface area contributed by atoms with E-state index >= 15 is 0 Å². The van der Waals surface area contributed by atoms with Gasteiger partial charge in [-0.2, -0.15) is 12.6 Å². The second-order valence-electron chi connectivity index (χ2n) is 5.40. The Kier molecular flexibility index (Phi) is 5.23. The van der Waals surface area contributed by atoms with Crippen molar-refractivity contribution in [1.29, 1.82) is 0 Å². The molecule has 2 heterocycles. The number of hydrogen-bond acceptors (Lipinski definition) is 9. The number of benzene rings is 1. The molecule has 10 heteroatoms. The lowest BCUT2D eigenvalue weighted by molar-refractivity contribution is -0.567. The van der Waals surface area contributed by atoms with E-state index < -0.39 is 28.4 Å². The van der Waals surface area contributed by atoms with Crippen molar-refractivity contribution in [1.82, 2.24) is 0 Å². The van der Waals surface area contributed by atoms with Gasteiger partial charge in [0.15, 0.2) is 6.29 Å². The average molecular weight is 374 g/mol. The van der Waals surface area contributed by atoms with Crippen LogP contribution in [0.1, 0.15) is 12.0 Å². The minimum atomic E-state index is -4.48. The molecule has 0 aromatic heterocycles. The zero-order chi connectivity index (χ0) is 18.0. The Morgan fingerprint density at radius 2 is 1.92 bits per heavy atom. The SMILES string of the molecule is O=S1(=O)OC(O)(C/C=C/c2ccccc2)C2(OC(COCCO)O2)O1. The van der Waals surface area contributed by atoms with Crippen molar-refractivity contribution in [2.24, 2.45) is 0 Å². The second-order valence-corrected chi connectivity index (χ2v) is 6.55. The number of ether oxygens (including phenoxy) is 3. The van der Waals surface area contributed by atoms with Gasteiger partial charge in [0.25, 0.3) is 5.79 Å². The molecule has 3 rings (SSSR count). The van der Waals surface area contributed by atoms with E-state index in [4.69, 9.17) is 19.3 Å². The van der Waals surface area contributed by atoms with Gasteiger partial charge in [0.1, 0.15) is 0 Å². The first-order valence-corrected chi connectivity index (χ1v) is 8.86. The van der Waals surface area contributed by atoms with E-state index in [1.54, 1.807) is 6.08 Å². The molecular formula is C15H18O9S. The summed E-state index contributed by atoms with van der Waals surface area (Å²) >= 11 is 0. The first-order valence-electron chi connectivity index (χ1n) is 7.52. The molecular weight excluding hydrogens is 356 g/mol. The summed E-state index contributed by atoms with van der Waals surface area (Å²) in [6, 6.07) is 9.21. The smallest absolute Gasteiger partial charge is 0.394 e. The third kappa shape index (κ3) is 3.91. The first-order chi connectivity index (χ1) is 11.9. The van der Waals surface area contributed by atoms with E-state index in [0.29, 0.717) is 0 Å². The fourth-order valence-electron chi connectivity index (χ4n) is 2.40. The quantitative estimate of drug-likeness (QED) is 0.640. The van der Waals surface area contributed by atoms with Gasteiger partial charge < -0.3 is 14.9 Å². The summed E-state index contributed by atoms with van der Waals surface area (Å²) in [7, 11) is -4.48. The molecule has 1 spiro atoms. The molecule has 0 radical (unpaired) electrons. The largest absolute Gasteiger partial charge is 0.407 e. The topological polar surface area (TPSA) is 121 Å². The van der Waals surface area contributed by atoms with E-state index in [0.717, 1.165) is 5.56 Å². The third-order valence-electron chi connectivity index (χ3n) is 3.50. The molecule has 1 aromatic carbocycles. The zero-order valence-electron chi connectivity index (χ0n) is 13.1. The lowest BCUT2D eigenvalue weighted by atomic mass is 10.1. The fraction of sp³-hybridized carbons (Fsp3) is 0.467. The molecule has 2 aliphatic rings. The van der Waals surface area contributed by atoms with E-state index in [-0.39, 0.29) is 26.2 Å². The highest BCUT2D eigenvalue weighted by Gasteiger charge is 2.73. The number of hydrogen-bond donors (Lipinski definition) is 2. The van der Waals surface area contributed by atoms with E-state index in [2.05, 4.69) is 8.37 Å². The molecule has 2 aliphatic heterocycles. The Morgan fingerprint density at radius 1 is 1.20 bits per heavy atom. The molecule has 1 atom stereocenters. The van der Waals surface area contributed by atoms with Crippen LogP contribution in [0.2, 0.25) is 0 Å². The van der Waals surface area contributed by atoms with Gasteiger partial charge in [-0.15, -0.1) is 0 Å². The van der Waals surface area contributed by atoms with Crippen molar-refractivity contribution in [3.05, 3.63) is 42.0 Å². The van der Waals surface area contributed by atoms with Crippen LogP contribution in [0.4, 0.5) is 0 Å². The van der Waals surface area contributed by atoms with Crippen LogP contribution in [0.25, 0.3) is 6.08 Å². The summed E-state index contributed by atoms with van der Waals surface area (Å²) in [6.45, 7) is -0.183. The van der Waals surface area contributed by atoms with Crippen molar-refractivity contribution >= 4 is 16.5 Å². The van der Waals surface area contributed by atoms with Crippen LogP contribution in [0.5, 0.6) is 0 Å². The van der Waals surface area contributed by atoms with Gasteiger partial charge in [-0.05, 0) is 5.56 Å². The van der Waals surface area contributed by atoms with Crippen LogP contribution in [0.15, 0.2) is 36.4 Å². The van der Waals surface area contributed by atoms with Crippen LogP contribution in [-0.4, -0.2) is 56.5 Å². The van der Waals surface area contributed by atoms with Crippen LogP contribution >= 0.6 is 0 Å². The normalized spacial score (nSPS) is 33.8. The van der Waals surface area contributed by atoms with Crippen LogP contribution in [0, 0.1) is 0 Å². The van der Waals surface area contributed by atoms with Gasteiger partial charge in [0.2, 0.25) is 0 Å². The lowest BCUT2D eigenvalue weighted by Crippen LogP contribution is -2.67. The predicted octanol–water partition coefficient (Wildman–Crippen LogP) is 0.106. The lowest BCUT2D eigenvalue weighted by Gasteiger charge is -2.46. The molecule has 0 saturated carbocycles. The Balaban J connectivity index is 1.66. The summed E-state index contributed by atoms with van der Waals surface area (Å²) in [6.07, 6.45) is 1.99. The Labute approximate surface area is 144 Å². The number of rotatable bonds is 7. The van der Waals surface area contributed by atoms with Crippen molar-refractivity contribution in [2.75, 3.05) is 19.8 Å². The van der Waals surface area contributed by atoms with Crippen LogP contribution in [0.3, 0.4) is 0 Å². The van der Waals surface area contributed by atoms with Gasteiger partial charge in [-0.3, -0.25) is 9.47 Å². The van der Waals surface area contributed by atoms with Gasteiger partial charge >= 0.3 is 16.4 Å². The highest BCUT2D eigenvalue weighted by molar-refractivity contribution is 7.82. The summed E-state index contributed by atoms with van der Waals surface area (Å²) in [5, 5.41) is 19.2. The number of aliphatic hydroxyl groups excluding tert-OH is 1. The Bertz CT molecular complexity index is 712. The maximum Gasteiger partial charge on any atom is 0.407 e. The molecule has 0 aliphatic carbocycles. The second kappa shape index (κ2) is 7.09. The summed E-state index contributed by atoms with van der Waals surface area (Å²) < 4.78 is 48.0. The highest BCUT2D eigenvalue weighted by atomic mass is 32.3. The third-order valence-corrected chi connectivity index (χ3v) is 4.40. The maximum absolute atomic E-state index is 11.6. The highest BCUT2D eigenvalue weighted by Crippen LogP contribution is 2.49. The van der Waals surface area contributed by atoms with Gasteiger partial charge in [0.05, 0.1) is 19.8 Å². The van der Waals surface area contributed by atoms with Gasteiger partial charge in [-0.1, -0.05) is 42.5 Å². The molecule has 2 saturated heterocycles.